The number of carboxylic acid groups (broad SMARTS) is 1. The Balaban J connectivity index is 2.57. The molecule has 21 heavy (non-hydrogen) atoms. The summed E-state index contributed by atoms with van der Waals surface area (Å²) >= 11 is 5.86. The van der Waals surface area contributed by atoms with E-state index >= 15 is 0 Å². The molecule has 0 aliphatic heterocycles. The van der Waals surface area contributed by atoms with Gasteiger partial charge in [-0.2, -0.15) is 0 Å². The number of aldehydes is 1. The van der Waals surface area contributed by atoms with Crippen LogP contribution in [0.4, 0.5) is 5.69 Å². The van der Waals surface area contributed by atoms with Gasteiger partial charge in [-0.15, -0.1) is 0 Å². The number of hydrogen-bond donors (Lipinski definition) is 1. The summed E-state index contributed by atoms with van der Waals surface area (Å²) < 4.78 is 5.36. The Bertz CT molecular complexity index is 546. The molecule has 1 rings (SSSR count). The topological polar surface area (TPSA) is 107 Å². The van der Waals surface area contributed by atoms with Gasteiger partial charge in [0.05, 0.1) is 22.1 Å². The van der Waals surface area contributed by atoms with Crippen molar-refractivity contribution in [2.24, 2.45) is 0 Å². The minimum Gasteiger partial charge on any atom is -0.492 e. The molecule has 1 aromatic rings. The predicted octanol–water partition coefficient (Wildman–Crippen LogP) is 3.08. The van der Waals surface area contributed by atoms with Crippen molar-refractivity contribution in [2.75, 3.05) is 6.61 Å². The second-order valence-corrected chi connectivity index (χ2v) is 4.68. The first kappa shape index (κ1) is 16.9. The lowest BCUT2D eigenvalue weighted by Gasteiger charge is -2.08. The van der Waals surface area contributed by atoms with Crippen LogP contribution in [0.3, 0.4) is 0 Å². The molecule has 0 saturated heterocycles. The predicted molar refractivity (Wildman–Crippen MR) is 75.1 cm³/mol. The number of carbonyl (C=O) groups is 2. The Hall–Kier alpha value is -2.15. The summed E-state index contributed by atoms with van der Waals surface area (Å²) in [5, 5.41) is 19.3. The number of nitrogens with zero attached hydrogens (tertiary/aromatic N) is 1. The van der Waals surface area contributed by atoms with Crippen molar-refractivity contribution >= 4 is 29.5 Å². The van der Waals surface area contributed by atoms with Gasteiger partial charge in [0.15, 0.2) is 6.29 Å². The lowest BCUT2D eigenvalue weighted by molar-refractivity contribution is -0.385. The Kier molecular flexibility index (Phi) is 6.61. The molecule has 8 heteroatoms. The van der Waals surface area contributed by atoms with Crippen molar-refractivity contribution in [3.63, 3.8) is 0 Å². The van der Waals surface area contributed by atoms with Crippen LogP contribution in [0, 0.1) is 10.1 Å². The van der Waals surface area contributed by atoms with Crippen LogP contribution < -0.4 is 4.74 Å². The molecule has 0 aromatic heterocycles. The standard InChI is InChI=1S/C13H14ClNO6/c14-10-7-11(15(19)20)9(8-16)6-12(10)21-5-3-1-2-4-13(17)18/h6-8H,1-5H2,(H,17,18). The number of ether oxygens (including phenoxy) is 1. The largest absolute Gasteiger partial charge is 0.492 e. The van der Waals surface area contributed by atoms with Crippen molar-refractivity contribution in [1.82, 2.24) is 0 Å². The van der Waals surface area contributed by atoms with Crippen LogP contribution in [0.1, 0.15) is 36.0 Å². The third-order valence-corrected chi connectivity index (χ3v) is 2.99. The number of halogens is 1. The van der Waals surface area contributed by atoms with Gasteiger partial charge < -0.3 is 9.84 Å². The number of nitro benzene ring substituents is 1. The van der Waals surface area contributed by atoms with Gasteiger partial charge in [-0.1, -0.05) is 11.6 Å². The number of carbonyl (C=O) groups excluding carboxylic acids is 1. The summed E-state index contributed by atoms with van der Waals surface area (Å²) in [4.78, 5) is 31.2. The lowest BCUT2D eigenvalue weighted by atomic mass is 10.2. The van der Waals surface area contributed by atoms with Crippen molar-refractivity contribution in [1.29, 1.82) is 0 Å². The molecule has 0 bridgehead atoms. The SMILES string of the molecule is O=Cc1cc(OCCCCCC(=O)O)c(Cl)cc1[N+](=O)[O-]. The van der Waals surface area contributed by atoms with Crippen molar-refractivity contribution in [2.45, 2.75) is 25.7 Å². The second-order valence-electron chi connectivity index (χ2n) is 4.27. The Labute approximate surface area is 125 Å². The smallest absolute Gasteiger partial charge is 0.303 e. The number of rotatable bonds is 9. The molecular weight excluding hydrogens is 302 g/mol. The molecule has 0 saturated carbocycles. The average Bonchev–Trinajstić information content (AvgIpc) is 2.43. The molecule has 0 aliphatic carbocycles. The second kappa shape index (κ2) is 8.21. The summed E-state index contributed by atoms with van der Waals surface area (Å²) in [5.41, 5.74) is -0.478. The normalized spacial score (nSPS) is 10.1. The Morgan fingerprint density at radius 2 is 2.10 bits per heavy atom. The molecule has 7 nitrogen and oxygen atoms in total. The maximum atomic E-state index is 10.8. The monoisotopic (exact) mass is 315 g/mol. The Morgan fingerprint density at radius 1 is 1.38 bits per heavy atom. The van der Waals surface area contributed by atoms with Crippen molar-refractivity contribution in [3.8, 4) is 5.75 Å². The highest BCUT2D eigenvalue weighted by molar-refractivity contribution is 6.32. The summed E-state index contributed by atoms with van der Waals surface area (Å²) in [6.07, 6.45) is 2.32. The maximum Gasteiger partial charge on any atom is 0.303 e. The highest BCUT2D eigenvalue weighted by Crippen LogP contribution is 2.31. The zero-order valence-electron chi connectivity index (χ0n) is 11.1. The molecule has 114 valence electrons. The number of aliphatic carboxylic acids is 1. The van der Waals surface area contributed by atoms with E-state index in [4.69, 9.17) is 21.4 Å². The first-order valence-corrected chi connectivity index (χ1v) is 6.61. The molecule has 0 aliphatic rings. The van der Waals surface area contributed by atoms with Crippen LogP contribution in [0.2, 0.25) is 5.02 Å². The van der Waals surface area contributed by atoms with Crippen LogP contribution >= 0.6 is 11.6 Å². The average molecular weight is 316 g/mol. The zero-order valence-corrected chi connectivity index (χ0v) is 11.8. The minimum atomic E-state index is -0.843. The minimum absolute atomic E-state index is 0.0536. The van der Waals surface area contributed by atoms with E-state index in [1.54, 1.807) is 0 Å². The lowest BCUT2D eigenvalue weighted by Crippen LogP contribution is -2.01. The number of hydrogen-bond acceptors (Lipinski definition) is 5. The van der Waals surface area contributed by atoms with Gasteiger partial charge in [0.25, 0.3) is 5.69 Å². The van der Waals surface area contributed by atoms with E-state index in [-0.39, 0.29) is 35.1 Å². The van der Waals surface area contributed by atoms with Crippen LogP contribution in [0.25, 0.3) is 0 Å². The molecule has 1 N–H and O–H groups in total. The van der Waals surface area contributed by atoms with E-state index in [1.807, 2.05) is 0 Å². The molecule has 1 aromatic carbocycles. The van der Waals surface area contributed by atoms with Gasteiger partial charge in [-0.25, -0.2) is 0 Å². The Morgan fingerprint density at radius 3 is 2.67 bits per heavy atom. The van der Waals surface area contributed by atoms with Gasteiger partial charge in [0.2, 0.25) is 0 Å². The summed E-state index contributed by atoms with van der Waals surface area (Å²) in [6, 6.07) is 2.30. The highest BCUT2D eigenvalue weighted by atomic mass is 35.5. The van der Waals surface area contributed by atoms with Gasteiger partial charge in [-0.05, 0) is 25.3 Å². The number of unbranched alkanes of at least 4 members (excludes halogenated alkanes) is 2. The molecule has 0 amide bonds. The third kappa shape index (κ3) is 5.39. The summed E-state index contributed by atoms with van der Waals surface area (Å²) in [6.45, 7) is 0.287. The molecule has 0 atom stereocenters. The fourth-order valence-corrected chi connectivity index (χ4v) is 1.87. The molecule has 0 spiro atoms. The van der Waals surface area contributed by atoms with Gasteiger partial charge in [-0.3, -0.25) is 19.7 Å². The fourth-order valence-electron chi connectivity index (χ4n) is 1.66. The molecule has 0 fully saturated rings. The van der Waals surface area contributed by atoms with E-state index < -0.39 is 10.9 Å². The molecule has 0 heterocycles. The number of nitro groups is 1. The van der Waals surface area contributed by atoms with Crippen molar-refractivity contribution in [3.05, 3.63) is 32.8 Å². The maximum absolute atomic E-state index is 10.8. The van der Waals surface area contributed by atoms with Gasteiger partial charge in [0.1, 0.15) is 5.75 Å². The molecular formula is C13H14ClNO6. The van der Waals surface area contributed by atoms with E-state index in [1.165, 1.54) is 6.07 Å². The quantitative estimate of drug-likeness (QED) is 0.325. The first-order valence-electron chi connectivity index (χ1n) is 6.23. The van der Waals surface area contributed by atoms with Crippen LogP contribution in [0.15, 0.2) is 12.1 Å². The van der Waals surface area contributed by atoms with Crippen LogP contribution in [-0.2, 0) is 4.79 Å². The third-order valence-electron chi connectivity index (χ3n) is 2.70. The molecule has 0 unspecified atom stereocenters. The van der Waals surface area contributed by atoms with Crippen LogP contribution in [0.5, 0.6) is 5.75 Å². The highest BCUT2D eigenvalue weighted by Gasteiger charge is 2.17. The van der Waals surface area contributed by atoms with Gasteiger partial charge >= 0.3 is 5.97 Å². The van der Waals surface area contributed by atoms with Crippen LogP contribution in [-0.4, -0.2) is 28.9 Å². The zero-order chi connectivity index (χ0) is 15.8. The van der Waals surface area contributed by atoms with E-state index in [0.717, 1.165) is 6.07 Å². The van der Waals surface area contributed by atoms with E-state index in [0.29, 0.717) is 25.5 Å². The van der Waals surface area contributed by atoms with Crippen molar-refractivity contribution < 1.29 is 24.4 Å². The summed E-state index contributed by atoms with van der Waals surface area (Å²) in [5.74, 6) is -0.646. The molecule has 0 radical (unpaired) electrons. The summed E-state index contributed by atoms with van der Waals surface area (Å²) in [7, 11) is 0. The number of carboxylic acids is 1. The number of benzene rings is 1. The van der Waals surface area contributed by atoms with Gasteiger partial charge in [0, 0.05) is 12.5 Å². The van der Waals surface area contributed by atoms with E-state index in [2.05, 4.69) is 0 Å². The fraction of sp³-hybridized carbons (Fsp3) is 0.385. The van der Waals surface area contributed by atoms with E-state index in [9.17, 15) is 19.7 Å². The first-order chi connectivity index (χ1) is 9.95.